The molecule has 1 aromatic heterocycles. The Hall–Kier alpha value is -3.01. The fourth-order valence-corrected chi connectivity index (χ4v) is 3.04. The summed E-state index contributed by atoms with van der Waals surface area (Å²) >= 11 is 0. The van der Waals surface area contributed by atoms with E-state index in [2.05, 4.69) is 42.4 Å². The number of carbonyl (C=O) groups is 1. The molecule has 0 aliphatic carbocycles. The van der Waals surface area contributed by atoms with Crippen LogP contribution in [0.25, 0.3) is 10.9 Å². The largest absolute Gasteiger partial charge is 0.489 e. The average molecular weight is 362 g/mol. The van der Waals surface area contributed by atoms with Crippen molar-refractivity contribution in [1.29, 1.82) is 0 Å². The number of amides is 1. The molecular weight excluding hydrogens is 336 g/mol. The number of fused-ring (bicyclic) bond motifs is 1. The Morgan fingerprint density at radius 1 is 1.19 bits per heavy atom. The second kappa shape index (κ2) is 8.58. The van der Waals surface area contributed by atoms with Crippen molar-refractivity contribution in [3.63, 3.8) is 0 Å². The zero-order valence-electron chi connectivity index (χ0n) is 15.9. The van der Waals surface area contributed by atoms with E-state index in [1.165, 1.54) is 0 Å². The van der Waals surface area contributed by atoms with Crippen LogP contribution in [0.3, 0.4) is 0 Å². The van der Waals surface area contributed by atoms with Gasteiger partial charge in [-0.2, -0.15) is 0 Å². The highest BCUT2D eigenvalue weighted by Crippen LogP contribution is 2.30. The minimum absolute atomic E-state index is 0.0644. The minimum atomic E-state index is -0.0644. The molecule has 1 N–H and O–H groups in total. The van der Waals surface area contributed by atoms with E-state index in [0.29, 0.717) is 31.3 Å². The molecule has 4 heteroatoms. The van der Waals surface area contributed by atoms with Crippen molar-refractivity contribution >= 4 is 16.8 Å². The summed E-state index contributed by atoms with van der Waals surface area (Å²) in [6.07, 6.45) is 1.72. The van der Waals surface area contributed by atoms with Crippen LogP contribution < -0.4 is 10.1 Å². The van der Waals surface area contributed by atoms with Gasteiger partial charge in [-0.25, -0.2) is 0 Å². The summed E-state index contributed by atoms with van der Waals surface area (Å²) in [5, 5.41) is 3.97. The summed E-state index contributed by atoms with van der Waals surface area (Å²) in [5.74, 6) is 1.09. The molecule has 0 unspecified atom stereocenters. The maximum absolute atomic E-state index is 12.9. The van der Waals surface area contributed by atoms with E-state index in [0.717, 1.165) is 22.2 Å². The van der Waals surface area contributed by atoms with Crippen LogP contribution in [0.1, 0.15) is 29.9 Å². The number of carbonyl (C=O) groups excluding carboxylic acids is 1. The van der Waals surface area contributed by atoms with Gasteiger partial charge in [0.25, 0.3) is 5.91 Å². The van der Waals surface area contributed by atoms with E-state index in [1.807, 2.05) is 42.5 Å². The van der Waals surface area contributed by atoms with Crippen molar-refractivity contribution < 1.29 is 9.53 Å². The maximum Gasteiger partial charge on any atom is 0.267 e. The second-order valence-electron chi connectivity index (χ2n) is 6.99. The number of hydrogen-bond donors (Lipinski definition) is 1. The highest BCUT2D eigenvalue weighted by Gasteiger charge is 2.18. The summed E-state index contributed by atoms with van der Waals surface area (Å²) in [4.78, 5) is 12.9. The zero-order valence-corrected chi connectivity index (χ0v) is 15.9. The lowest BCUT2D eigenvalue weighted by atomic mass is 10.2. The standard InChI is InChI=1S/C23H26N2O2/c1-4-13-27-22-12-8-11-20-19(22)14-21(23(26)24-15-17(2)3)25(20)16-18-9-6-5-7-10-18/h4-12,14,17H,1,13,15-16H2,2-3H3,(H,24,26). The quantitative estimate of drug-likeness (QED) is 0.593. The Morgan fingerprint density at radius 3 is 2.67 bits per heavy atom. The summed E-state index contributed by atoms with van der Waals surface area (Å²) in [6, 6.07) is 18.0. The van der Waals surface area contributed by atoms with E-state index in [-0.39, 0.29) is 5.91 Å². The number of aromatic nitrogens is 1. The van der Waals surface area contributed by atoms with Gasteiger partial charge in [0.15, 0.2) is 0 Å². The smallest absolute Gasteiger partial charge is 0.267 e. The van der Waals surface area contributed by atoms with Crippen molar-refractivity contribution in [2.45, 2.75) is 20.4 Å². The normalized spacial score (nSPS) is 10.9. The lowest BCUT2D eigenvalue weighted by Gasteiger charge is -2.12. The van der Waals surface area contributed by atoms with Crippen LogP contribution in [-0.4, -0.2) is 23.6 Å². The van der Waals surface area contributed by atoms with Gasteiger partial charge in [-0.1, -0.05) is 62.9 Å². The molecule has 1 amide bonds. The number of hydrogen-bond acceptors (Lipinski definition) is 2. The van der Waals surface area contributed by atoms with Crippen molar-refractivity contribution in [2.75, 3.05) is 13.2 Å². The van der Waals surface area contributed by atoms with Crippen LogP contribution in [-0.2, 0) is 6.54 Å². The van der Waals surface area contributed by atoms with Crippen molar-refractivity contribution in [3.8, 4) is 5.75 Å². The summed E-state index contributed by atoms with van der Waals surface area (Å²) < 4.78 is 7.86. The molecule has 140 valence electrons. The predicted octanol–water partition coefficient (Wildman–Crippen LogP) is 4.64. The SMILES string of the molecule is C=CCOc1cccc2c1cc(C(=O)NCC(C)C)n2Cc1ccccc1. The fourth-order valence-electron chi connectivity index (χ4n) is 3.04. The van der Waals surface area contributed by atoms with Crippen LogP contribution in [0, 0.1) is 5.92 Å². The zero-order chi connectivity index (χ0) is 19.2. The highest BCUT2D eigenvalue weighted by molar-refractivity contribution is 6.00. The lowest BCUT2D eigenvalue weighted by molar-refractivity contribution is 0.0940. The molecule has 3 aromatic rings. The molecule has 0 aliphatic heterocycles. The van der Waals surface area contributed by atoms with E-state index >= 15 is 0 Å². The molecule has 4 nitrogen and oxygen atoms in total. The average Bonchev–Trinajstić information content (AvgIpc) is 3.04. The molecule has 3 rings (SSSR count). The van der Waals surface area contributed by atoms with E-state index in [4.69, 9.17) is 4.74 Å². The Balaban J connectivity index is 2.06. The first-order valence-corrected chi connectivity index (χ1v) is 9.28. The molecule has 0 spiro atoms. The van der Waals surface area contributed by atoms with Crippen molar-refractivity contribution in [1.82, 2.24) is 9.88 Å². The molecule has 0 fully saturated rings. The second-order valence-corrected chi connectivity index (χ2v) is 6.99. The van der Waals surface area contributed by atoms with Gasteiger partial charge in [0, 0.05) is 18.5 Å². The monoisotopic (exact) mass is 362 g/mol. The minimum Gasteiger partial charge on any atom is -0.489 e. The third-order valence-electron chi connectivity index (χ3n) is 4.35. The Bertz CT molecular complexity index is 926. The van der Waals surface area contributed by atoms with Gasteiger partial charge < -0.3 is 14.6 Å². The van der Waals surface area contributed by atoms with Gasteiger partial charge in [0.1, 0.15) is 18.1 Å². The number of benzene rings is 2. The van der Waals surface area contributed by atoms with Crippen molar-refractivity contribution in [2.24, 2.45) is 5.92 Å². The molecule has 27 heavy (non-hydrogen) atoms. The molecule has 0 atom stereocenters. The number of nitrogens with one attached hydrogen (secondary N) is 1. The van der Waals surface area contributed by atoms with Gasteiger partial charge in [-0.05, 0) is 29.7 Å². The van der Waals surface area contributed by atoms with Gasteiger partial charge in [-0.15, -0.1) is 0 Å². The first kappa shape index (κ1) is 18.8. The van der Waals surface area contributed by atoms with E-state index in [1.54, 1.807) is 6.08 Å². The van der Waals surface area contributed by atoms with Crippen LogP contribution in [0.2, 0.25) is 0 Å². The van der Waals surface area contributed by atoms with Crippen LogP contribution >= 0.6 is 0 Å². The maximum atomic E-state index is 12.9. The van der Waals surface area contributed by atoms with Gasteiger partial charge in [0.2, 0.25) is 0 Å². The molecule has 0 bridgehead atoms. The Labute approximate surface area is 160 Å². The van der Waals surface area contributed by atoms with Crippen molar-refractivity contribution in [3.05, 3.63) is 78.5 Å². The molecule has 0 saturated heterocycles. The molecular formula is C23H26N2O2. The topological polar surface area (TPSA) is 43.3 Å². The first-order valence-electron chi connectivity index (χ1n) is 9.28. The van der Waals surface area contributed by atoms with Crippen LogP contribution in [0.5, 0.6) is 5.75 Å². The molecule has 0 saturated carbocycles. The van der Waals surface area contributed by atoms with Gasteiger partial charge in [0.05, 0.1) is 5.52 Å². The van der Waals surface area contributed by atoms with Crippen LogP contribution in [0.15, 0.2) is 67.3 Å². The molecule has 2 aromatic carbocycles. The predicted molar refractivity (Wildman–Crippen MR) is 110 cm³/mol. The Morgan fingerprint density at radius 2 is 1.96 bits per heavy atom. The van der Waals surface area contributed by atoms with Gasteiger partial charge in [-0.3, -0.25) is 4.79 Å². The third kappa shape index (κ3) is 4.40. The Kier molecular flexibility index (Phi) is 5.97. The number of ether oxygens (including phenoxy) is 1. The summed E-state index contributed by atoms with van der Waals surface area (Å²) in [5.41, 5.74) is 2.77. The number of nitrogens with zero attached hydrogens (tertiary/aromatic N) is 1. The fraction of sp³-hybridized carbons (Fsp3) is 0.261. The molecule has 0 aliphatic rings. The highest BCUT2D eigenvalue weighted by atomic mass is 16.5. The number of rotatable bonds is 8. The lowest BCUT2D eigenvalue weighted by Crippen LogP contribution is -2.29. The summed E-state index contributed by atoms with van der Waals surface area (Å²) in [6.45, 7) is 9.58. The van der Waals surface area contributed by atoms with E-state index in [9.17, 15) is 4.79 Å². The van der Waals surface area contributed by atoms with Gasteiger partial charge >= 0.3 is 0 Å². The van der Waals surface area contributed by atoms with E-state index < -0.39 is 0 Å². The molecule has 0 radical (unpaired) electrons. The van der Waals surface area contributed by atoms with Crippen LogP contribution in [0.4, 0.5) is 0 Å². The first-order chi connectivity index (χ1) is 13.1. The summed E-state index contributed by atoms with van der Waals surface area (Å²) in [7, 11) is 0. The molecule has 1 heterocycles. The third-order valence-corrected chi connectivity index (χ3v) is 4.35.